The number of benzene rings is 2. The van der Waals surface area contributed by atoms with Crippen LogP contribution in [0.15, 0.2) is 60.7 Å². The van der Waals surface area contributed by atoms with Crippen LogP contribution in [0.2, 0.25) is 0 Å². The van der Waals surface area contributed by atoms with Gasteiger partial charge < -0.3 is 19.9 Å². The number of piperazine rings is 1. The number of para-hydroxylation sites is 2. The SMILES string of the molecule is O=C(C[NH+]1CC[NH+](C/C=C/c2ccccc2)CC1)Nc1ccccc1OC(F)F. The highest BCUT2D eigenvalue weighted by atomic mass is 19.3. The second kappa shape index (κ2) is 10.7. The second-order valence-electron chi connectivity index (χ2n) is 7.12. The Kier molecular flexibility index (Phi) is 7.72. The Hall–Kier alpha value is -2.77. The fourth-order valence-electron chi connectivity index (χ4n) is 3.45. The Labute approximate surface area is 169 Å². The molecule has 1 amide bonds. The van der Waals surface area contributed by atoms with Gasteiger partial charge in [-0.2, -0.15) is 8.78 Å². The first-order valence-corrected chi connectivity index (χ1v) is 9.82. The number of alkyl halides is 2. The van der Waals surface area contributed by atoms with E-state index in [-0.39, 0.29) is 17.3 Å². The van der Waals surface area contributed by atoms with Crippen molar-refractivity contribution in [2.45, 2.75) is 6.61 Å². The Balaban J connectivity index is 1.41. The van der Waals surface area contributed by atoms with Crippen molar-refractivity contribution in [1.82, 2.24) is 0 Å². The lowest BCUT2D eigenvalue weighted by molar-refractivity contribution is -1.01. The van der Waals surface area contributed by atoms with E-state index >= 15 is 0 Å². The normalized spacial score (nSPS) is 19.4. The fourth-order valence-corrected chi connectivity index (χ4v) is 3.45. The van der Waals surface area contributed by atoms with Gasteiger partial charge in [0.05, 0.1) is 12.2 Å². The zero-order chi connectivity index (χ0) is 20.5. The van der Waals surface area contributed by atoms with Crippen molar-refractivity contribution in [3.8, 4) is 5.75 Å². The van der Waals surface area contributed by atoms with Crippen molar-refractivity contribution in [3.63, 3.8) is 0 Å². The molecule has 0 saturated carbocycles. The average Bonchev–Trinajstić information content (AvgIpc) is 2.71. The molecular weight excluding hydrogens is 376 g/mol. The van der Waals surface area contributed by atoms with Crippen LogP contribution in [-0.4, -0.2) is 51.8 Å². The maximum atomic E-state index is 12.5. The van der Waals surface area contributed by atoms with Crippen molar-refractivity contribution in [2.75, 3.05) is 44.6 Å². The number of halogens is 2. The van der Waals surface area contributed by atoms with Gasteiger partial charge in [-0.3, -0.25) is 4.79 Å². The summed E-state index contributed by atoms with van der Waals surface area (Å²) >= 11 is 0. The maximum absolute atomic E-state index is 12.5. The molecular formula is C22H27F2N3O2+2. The number of amides is 1. The van der Waals surface area contributed by atoms with E-state index in [4.69, 9.17) is 0 Å². The Morgan fingerprint density at radius 2 is 1.66 bits per heavy atom. The van der Waals surface area contributed by atoms with Gasteiger partial charge in [0.25, 0.3) is 5.91 Å². The summed E-state index contributed by atoms with van der Waals surface area (Å²) in [6.07, 6.45) is 4.33. The largest absolute Gasteiger partial charge is 0.433 e. The molecule has 0 aromatic heterocycles. The van der Waals surface area contributed by atoms with E-state index in [0.717, 1.165) is 32.7 Å². The van der Waals surface area contributed by atoms with Crippen LogP contribution in [0, 0.1) is 0 Å². The average molecular weight is 403 g/mol. The summed E-state index contributed by atoms with van der Waals surface area (Å²) in [5.74, 6) is -0.219. The molecule has 5 nitrogen and oxygen atoms in total. The molecule has 7 heteroatoms. The third-order valence-electron chi connectivity index (χ3n) is 4.97. The van der Waals surface area contributed by atoms with Gasteiger partial charge in [0.2, 0.25) is 0 Å². The number of nitrogens with one attached hydrogen (secondary N) is 3. The molecule has 29 heavy (non-hydrogen) atoms. The lowest BCUT2D eigenvalue weighted by Gasteiger charge is -2.28. The van der Waals surface area contributed by atoms with E-state index in [2.05, 4.69) is 34.3 Å². The summed E-state index contributed by atoms with van der Waals surface area (Å²) in [4.78, 5) is 15.0. The first-order chi connectivity index (χ1) is 14.1. The van der Waals surface area contributed by atoms with Crippen molar-refractivity contribution in [1.29, 1.82) is 0 Å². The minimum Gasteiger partial charge on any atom is -0.433 e. The van der Waals surface area contributed by atoms with E-state index in [1.54, 1.807) is 18.2 Å². The quantitative estimate of drug-likeness (QED) is 0.609. The van der Waals surface area contributed by atoms with Gasteiger partial charge in [-0.25, -0.2) is 0 Å². The smallest absolute Gasteiger partial charge is 0.387 e. The van der Waals surface area contributed by atoms with E-state index < -0.39 is 6.61 Å². The molecule has 0 aliphatic carbocycles. The number of hydrogen-bond acceptors (Lipinski definition) is 2. The Morgan fingerprint density at radius 3 is 2.38 bits per heavy atom. The lowest BCUT2D eigenvalue weighted by Crippen LogP contribution is -3.28. The van der Waals surface area contributed by atoms with Gasteiger partial charge >= 0.3 is 6.61 Å². The number of hydrogen-bond donors (Lipinski definition) is 3. The van der Waals surface area contributed by atoms with Crippen LogP contribution in [0.1, 0.15) is 5.56 Å². The van der Waals surface area contributed by atoms with Gasteiger partial charge in [-0.05, 0) is 23.8 Å². The van der Waals surface area contributed by atoms with Crippen LogP contribution in [0.25, 0.3) is 6.08 Å². The molecule has 0 bridgehead atoms. The van der Waals surface area contributed by atoms with Gasteiger partial charge in [0, 0.05) is 0 Å². The van der Waals surface area contributed by atoms with Crippen LogP contribution >= 0.6 is 0 Å². The zero-order valence-electron chi connectivity index (χ0n) is 16.2. The van der Waals surface area contributed by atoms with E-state index in [1.807, 2.05) is 18.2 Å². The first kappa shape index (κ1) is 21.0. The summed E-state index contributed by atoms with van der Waals surface area (Å²) in [6, 6.07) is 16.5. The minimum atomic E-state index is -2.93. The number of carbonyl (C=O) groups excluding carboxylic acids is 1. The second-order valence-corrected chi connectivity index (χ2v) is 7.12. The number of anilines is 1. The topological polar surface area (TPSA) is 47.2 Å². The van der Waals surface area contributed by atoms with E-state index in [1.165, 1.54) is 21.4 Å². The molecule has 0 radical (unpaired) electrons. The van der Waals surface area contributed by atoms with Gasteiger partial charge in [-0.15, -0.1) is 0 Å². The molecule has 0 unspecified atom stereocenters. The summed E-state index contributed by atoms with van der Waals surface area (Å²) in [5.41, 5.74) is 1.47. The van der Waals surface area contributed by atoms with Crippen molar-refractivity contribution < 1.29 is 28.1 Å². The van der Waals surface area contributed by atoms with E-state index in [9.17, 15) is 13.6 Å². The van der Waals surface area contributed by atoms with Crippen molar-refractivity contribution in [2.24, 2.45) is 0 Å². The molecule has 2 aromatic carbocycles. The zero-order valence-corrected chi connectivity index (χ0v) is 16.2. The number of carbonyl (C=O) groups is 1. The van der Waals surface area contributed by atoms with Crippen LogP contribution in [0.4, 0.5) is 14.5 Å². The van der Waals surface area contributed by atoms with E-state index in [0.29, 0.717) is 6.54 Å². The molecule has 1 heterocycles. The summed E-state index contributed by atoms with van der Waals surface area (Å²) in [7, 11) is 0. The predicted molar refractivity (Wildman–Crippen MR) is 108 cm³/mol. The molecule has 1 aliphatic rings. The highest BCUT2D eigenvalue weighted by Gasteiger charge is 2.24. The third kappa shape index (κ3) is 6.96. The molecule has 1 aliphatic heterocycles. The van der Waals surface area contributed by atoms with Crippen LogP contribution in [0.5, 0.6) is 5.75 Å². The summed E-state index contributed by atoms with van der Waals surface area (Å²) in [5, 5.41) is 2.69. The fraction of sp³-hybridized carbons (Fsp3) is 0.318. The summed E-state index contributed by atoms with van der Waals surface area (Å²) < 4.78 is 29.4. The molecule has 0 spiro atoms. The van der Waals surface area contributed by atoms with Gasteiger partial charge in [0.15, 0.2) is 6.54 Å². The Morgan fingerprint density at radius 1 is 1.00 bits per heavy atom. The maximum Gasteiger partial charge on any atom is 0.387 e. The van der Waals surface area contributed by atoms with Crippen LogP contribution in [-0.2, 0) is 4.79 Å². The molecule has 2 aromatic rings. The predicted octanol–water partition coefficient (Wildman–Crippen LogP) is 0.723. The monoisotopic (exact) mass is 403 g/mol. The van der Waals surface area contributed by atoms with Crippen molar-refractivity contribution >= 4 is 17.7 Å². The minimum absolute atomic E-state index is 0.0229. The molecule has 0 atom stereocenters. The molecule has 3 rings (SSSR count). The standard InChI is InChI=1S/C22H25F2N3O2/c23-22(24)29-20-11-5-4-10-19(20)25-21(28)17-27-15-13-26(14-16-27)12-6-9-18-7-2-1-3-8-18/h1-11,22H,12-17H2,(H,25,28)/p+2/b9-6+. The third-order valence-corrected chi connectivity index (χ3v) is 4.97. The van der Waals surface area contributed by atoms with Gasteiger partial charge in [0.1, 0.15) is 31.9 Å². The number of rotatable bonds is 8. The molecule has 3 N–H and O–H groups in total. The Bertz CT molecular complexity index is 807. The molecule has 1 fully saturated rings. The van der Waals surface area contributed by atoms with Gasteiger partial charge in [-0.1, -0.05) is 48.5 Å². The summed E-state index contributed by atoms with van der Waals surface area (Å²) in [6.45, 7) is 2.14. The number of quaternary nitrogens is 2. The highest BCUT2D eigenvalue weighted by molar-refractivity contribution is 5.92. The number of ether oxygens (including phenoxy) is 1. The lowest BCUT2D eigenvalue weighted by atomic mass is 10.2. The van der Waals surface area contributed by atoms with Crippen LogP contribution < -0.4 is 19.9 Å². The molecule has 1 saturated heterocycles. The van der Waals surface area contributed by atoms with Crippen molar-refractivity contribution in [3.05, 3.63) is 66.2 Å². The van der Waals surface area contributed by atoms with Crippen LogP contribution in [0.3, 0.4) is 0 Å². The molecule has 154 valence electrons. The highest BCUT2D eigenvalue weighted by Crippen LogP contribution is 2.25. The first-order valence-electron chi connectivity index (χ1n) is 9.82.